The van der Waals surface area contributed by atoms with Crippen molar-refractivity contribution in [3.05, 3.63) is 58.6 Å². The number of rotatable bonds is 7. The maximum Gasteiger partial charge on any atom is 0.243 e. The smallest absolute Gasteiger partial charge is 0.243 e. The molecule has 0 heterocycles. The maximum absolute atomic E-state index is 12.6. The maximum atomic E-state index is 12.6. The number of carbonyl (C=O) groups excluding carboxylic acids is 1. The van der Waals surface area contributed by atoms with Crippen LogP contribution in [0.2, 0.25) is 5.02 Å². The lowest BCUT2D eigenvalue weighted by Crippen LogP contribution is -2.41. The van der Waals surface area contributed by atoms with Crippen molar-refractivity contribution in [2.24, 2.45) is 0 Å². The van der Waals surface area contributed by atoms with E-state index in [9.17, 15) is 13.2 Å². The molecule has 0 unspecified atom stereocenters. The minimum absolute atomic E-state index is 0.301. The second kappa shape index (κ2) is 8.63. The van der Waals surface area contributed by atoms with Gasteiger partial charge in [-0.25, -0.2) is 8.42 Å². The predicted octanol–water partition coefficient (Wildman–Crippen LogP) is 3.08. The molecule has 0 aromatic heterocycles. The molecule has 27 heavy (non-hydrogen) atoms. The number of hydrogen-bond acceptors (Lipinski definition) is 4. The molecule has 2 aromatic rings. The Balaban J connectivity index is 2.16. The quantitative estimate of drug-likeness (QED) is 0.703. The number of amides is 1. The molecule has 1 amide bonds. The summed E-state index contributed by atoms with van der Waals surface area (Å²) >= 11 is 6.11. The van der Waals surface area contributed by atoms with Crippen LogP contribution in [0.3, 0.4) is 0 Å². The van der Waals surface area contributed by atoms with Crippen molar-refractivity contribution in [2.75, 3.05) is 31.3 Å². The monoisotopic (exact) mass is 410 g/mol. The standard InChI is InChI=1S/C19H23ClN2O4S/c1-14-5-8-16(11-18(14)20)22(27(4,24)25)13-19(23)21(2)12-15-6-9-17(26-3)10-7-15/h5-11H,12-13H2,1-4H3. The lowest BCUT2D eigenvalue weighted by Gasteiger charge is -2.25. The number of carbonyl (C=O) groups is 1. The van der Waals surface area contributed by atoms with Crippen molar-refractivity contribution in [2.45, 2.75) is 13.5 Å². The molecule has 2 rings (SSSR count). The number of benzene rings is 2. The van der Waals surface area contributed by atoms with Gasteiger partial charge >= 0.3 is 0 Å². The average molecular weight is 411 g/mol. The van der Waals surface area contributed by atoms with Gasteiger partial charge in [-0.1, -0.05) is 29.8 Å². The molecule has 0 aliphatic rings. The summed E-state index contributed by atoms with van der Waals surface area (Å²) in [7, 11) is -0.428. The van der Waals surface area contributed by atoms with E-state index in [-0.39, 0.29) is 12.5 Å². The van der Waals surface area contributed by atoms with E-state index in [0.717, 1.165) is 27.4 Å². The van der Waals surface area contributed by atoms with E-state index < -0.39 is 10.0 Å². The summed E-state index contributed by atoms with van der Waals surface area (Å²) in [6, 6.07) is 12.2. The lowest BCUT2D eigenvalue weighted by atomic mass is 10.2. The van der Waals surface area contributed by atoms with Gasteiger partial charge in [0, 0.05) is 18.6 Å². The summed E-state index contributed by atoms with van der Waals surface area (Å²) in [5, 5.41) is 0.445. The molecule has 0 aliphatic carbocycles. The second-order valence-corrected chi connectivity index (χ2v) is 8.62. The first-order valence-electron chi connectivity index (χ1n) is 8.22. The number of halogens is 1. The zero-order chi connectivity index (χ0) is 20.2. The number of methoxy groups -OCH3 is 1. The Kier molecular flexibility index (Phi) is 6.73. The van der Waals surface area contributed by atoms with Gasteiger partial charge in [0.25, 0.3) is 0 Å². The molecule has 0 saturated heterocycles. The molecule has 0 atom stereocenters. The van der Waals surface area contributed by atoms with Crippen molar-refractivity contribution in [1.29, 1.82) is 0 Å². The summed E-state index contributed by atoms with van der Waals surface area (Å²) in [6.45, 7) is 1.88. The second-order valence-electron chi connectivity index (χ2n) is 6.30. The van der Waals surface area contributed by atoms with E-state index in [4.69, 9.17) is 16.3 Å². The van der Waals surface area contributed by atoms with Crippen LogP contribution in [0.5, 0.6) is 5.75 Å². The first kappa shape index (κ1) is 21.1. The molecule has 0 fully saturated rings. The van der Waals surface area contributed by atoms with E-state index in [1.165, 1.54) is 4.90 Å². The van der Waals surface area contributed by atoms with Gasteiger partial charge in [-0.2, -0.15) is 0 Å². The van der Waals surface area contributed by atoms with Crippen LogP contribution in [-0.2, 0) is 21.4 Å². The fraction of sp³-hybridized carbons (Fsp3) is 0.316. The highest BCUT2D eigenvalue weighted by Crippen LogP contribution is 2.25. The molecule has 6 nitrogen and oxygen atoms in total. The largest absolute Gasteiger partial charge is 0.497 e. The molecule has 0 radical (unpaired) electrons. The van der Waals surface area contributed by atoms with Crippen LogP contribution in [0.25, 0.3) is 0 Å². The summed E-state index contributed by atoms with van der Waals surface area (Å²) < 4.78 is 30.6. The van der Waals surface area contributed by atoms with E-state index in [2.05, 4.69) is 0 Å². The topological polar surface area (TPSA) is 66.9 Å². The normalized spacial score (nSPS) is 11.1. The minimum atomic E-state index is -3.65. The van der Waals surface area contributed by atoms with Gasteiger partial charge in [-0.15, -0.1) is 0 Å². The Bertz CT molecular complexity index is 914. The third-order valence-electron chi connectivity index (χ3n) is 4.13. The van der Waals surface area contributed by atoms with Crippen molar-refractivity contribution < 1.29 is 17.9 Å². The Morgan fingerprint density at radius 2 is 1.78 bits per heavy atom. The van der Waals surface area contributed by atoms with Crippen LogP contribution in [0.1, 0.15) is 11.1 Å². The third kappa shape index (κ3) is 5.61. The van der Waals surface area contributed by atoms with Gasteiger partial charge in [-0.05, 0) is 42.3 Å². The van der Waals surface area contributed by atoms with Crippen LogP contribution < -0.4 is 9.04 Å². The number of likely N-dealkylation sites (N-methyl/N-ethyl adjacent to an activating group) is 1. The molecule has 0 bridgehead atoms. The third-order valence-corrected chi connectivity index (χ3v) is 5.67. The number of sulfonamides is 1. The number of nitrogens with zero attached hydrogens (tertiary/aromatic N) is 2. The van der Waals surface area contributed by atoms with Gasteiger partial charge in [0.05, 0.1) is 19.1 Å². The lowest BCUT2D eigenvalue weighted by molar-refractivity contribution is -0.128. The summed E-state index contributed by atoms with van der Waals surface area (Å²) in [5.74, 6) is 0.403. The van der Waals surface area contributed by atoms with Gasteiger partial charge in [0.2, 0.25) is 15.9 Å². The van der Waals surface area contributed by atoms with Crippen LogP contribution in [0, 0.1) is 6.92 Å². The highest BCUT2D eigenvalue weighted by atomic mass is 35.5. The zero-order valence-electron chi connectivity index (χ0n) is 15.8. The van der Waals surface area contributed by atoms with Crippen molar-refractivity contribution in [1.82, 2.24) is 4.90 Å². The van der Waals surface area contributed by atoms with Crippen LogP contribution in [-0.4, -0.2) is 46.2 Å². The van der Waals surface area contributed by atoms with Crippen molar-refractivity contribution in [3.63, 3.8) is 0 Å². The van der Waals surface area contributed by atoms with Crippen molar-refractivity contribution >= 4 is 33.2 Å². The fourth-order valence-electron chi connectivity index (χ4n) is 2.47. The van der Waals surface area contributed by atoms with E-state index in [0.29, 0.717) is 17.3 Å². The Morgan fingerprint density at radius 1 is 1.15 bits per heavy atom. The molecule has 0 N–H and O–H groups in total. The van der Waals surface area contributed by atoms with Gasteiger partial charge in [0.1, 0.15) is 12.3 Å². The molecular weight excluding hydrogens is 388 g/mol. The fourth-order valence-corrected chi connectivity index (χ4v) is 3.49. The summed E-state index contributed by atoms with van der Waals surface area (Å²) in [4.78, 5) is 14.1. The zero-order valence-corrected chi connectivity index (χ0v) is 17.3. The summed E-state index contributed by atoms with van der Waals surface area (Å²) in [6.07, 6.45) is 1.07. The van der Waals surface area contributed by atoms with Crippen LogP contribution >= 0.6 is 11.6 Å². The Hall–Kier alpha value is -2.25. The van der Waals surface area contributed by atoms with E-state index in [1.807, 2.05) is 31.2 Å². The van der Waals surface area contributed by atoms with Crippen LogP contribution in [0.4, 0.5) is 5.69 Å². The number of aryl methyl sites for hydroxylation is 1. The van der Waals surface area contributed by atoms with Gasteiger partial charge < -0.3 is 9.64 Å². The van der Waals surface area contributed by atoms with E-state index >= 15 is 0 Å². The molecule has 8 heteroatoms. The first-order chi connectivity index (χ1) is 12.6. The minimum Gasteiger partial charge on any atom is -0.497 e. The number of anilines is 1. The number of hydrogen-bond donors (Lipinski definition) is 0. The molecule has 0 saturated carbocycles. The van der Waals surface area contributed by atoms with Crippen molar-refractivity contribution in [3.8, 4) is 5.75 Å². The Labute approximate surface area is 165 Å². The highest BCUT2D eigenvalue weighted by molar-refractivity contribution is 7.92. The first-order valence-corrected chi connectivity index (χ1v) is 10.4. The predicted molar refractivity (Wildman–Crippen MR) is 108 cm³/mol. The molecule has 146 valence electrons. The molecule has 2 aromatic carbocycles. The van der Waals surface area contributed by atoms with E-state index in [1.54, 1.807) is 32.4 Å². The van der Waals surface area contributed by atoms with Gasteiger partial charge in [-0.3, -0.25) is 9.10 Å². The highest BCUT2D eigenvalue weighted by Gasteiger charge is 2.23. The Morgan fingerprint density at radius 3 is 2.30 bits per heavy atom. The molecule has 0 spiro atoms. The van der Waals surface area contributed by atoms with Gasteiger partial charge in [0.15, 0.2) is 0 Å². The SMILES string of the molecule is COc1ccc(CN(C)C(=O)CN(c2ccc(C)c(Cl)c2)S(C)(=O)=O)cc1. The summed E-state index contributed by atoms with van der Waals surface area (Å²) in [5.41, 5.74) is 2.10. The number of ether oxygens (including phenoxy) is 1. The molecular formula is C19H23ClN2O4S. The van der Waals surface area contributed by atoms with Crippen LogP contribution in [0.15, 0.2) is 42.5 Å². The average Bonchev–Trinajstić information content (AvgIpc) is 2.61. The molecule has 0 aliphatic heterocycles.